The van der Waals surface area contributed by atoms with Crippen molar-refractivity contribution in [3.8, 4) is 0 Å². The summed E-state index contributed by atoms with van der Waals surface area (Å²) in [6.07, 6.45) is 0. The van der Waals surface area contributed by atoms with E-state index in [0.717, 1.165) is 18.1 Å². The predicted octanol–water partition coefficient (Wildman–Crippen LogP) is -0.0760. The van der Waals surface area contributed by atoms with Crippen LogP contribution in [-0.4, -0.2) is 54.7 Å². The van der Waals surface area contributed by atoms with Crippen LogP contribution in [0.1, 0.15) is 6.92 Å². The second kappa shape index (κ2) is 5.58. The summed E-state index contributed by atoms with van der Waals surface area (Å²) in [6.45, 7) is 3.17. The molecule has 1 heterocycles. The molecule has 0 saturated carbocycles. The quantitative estimate of drug-likeness (QED) is 0.720. The highest BCUT2D eigenvalue weighted by molar-refractivity contribution is 7.99. The van der Waals surface area contributed by atoms with Gasteiger partial charge in [-0.05, 0) is 6.92 Å². The predicted molar refractivity (Wildman–Crippen MR) is 58.4 cm³/mol. The van der Waals surface area contributed by atoms with Crippen LogP contribution < -0.4 is 5.73 Å². The number of hydrogen-bond donors (Lipinski definition) is 1. The highest BCUT2D eigenvalue weighted by Crippen LogP contribution is 2.16. The Bertz CT molecular complexity index is 201. The molecular weight excluding hydrogens is 200 g/mol. The summed E-state index contributed by atoms with van der Waals surface area (Å²) in [5.74, 6) is 2.03. The molecule has 0 aromatic heterocycles. The van der Waals surface area contributed by atoms with Gasteiger partial charge in [-0.15, -0.1) is 0 Å². The number of amides is 1. The van der Waals surface area contributed by atoms with Crippen LogP contribution in [-0.2, 0) is 9.53 Å². The van der Waals surface area contributed by atoms with Crippen LogP contribution in [0.4, 0.5) is 0 Å². The Morgan fingerprint density at radius 1 is 1.79 bits per heavy atom. The van der Waals surface area contributed by atoms with E-state index in [9.17, 15) is 4.79 Å². The van der Waals surface area contributed by atoms with Gasteiger partial charge >= 0.3 is 0 Å². The molecule has 2 atom stereocenters. The molecule has 2 N–H and O–H groups in total. The van der Waals surface area contributed by atoms with E-state index in [4.69, 9.17) is 10.5 Å². The van der Waals surface area contributed by atoms with E-state index in [2.05, 4.69) is 6.92 Å². The lowest BCUT2D eigenvalue weighted by molar-refractivity contribution is -0.135. The van der Waals surface area contributed by atoms with Crippen molar-refractivity contribution in [3.05, 3.63) is 0 Å². The van der Waals surface area contributed by atoms with Crippen molar-refractivity contribution < 1.29 is 9.53 Å². The lowest BCUT2D eigenvalue weighted by Crippen LogP contribution is -2.52. The fourth-order valence-corrected chi connectivity index (χ4v) is 2.53. The maximum Gasteiger partial charge on any atom is 0.242 e. The average Bonchev–Trinajstić information content (AvgIpc) is 2.18. The fraction of sp³-hybridized carbons (Fsp3) is 0.889. The number of rotatable bonds is 3. The molecule has 82 valence electrons. The Morgan fingerprint density at radius 2 is 2.50 bits per heavy atom. The Labute approximate surface area is 89.2 Å². The van der Waals surface area contributed by atoms with Gasteiger partial charge in [0.2, 0.25) is 5.91 Å². The molecule has 0 bridgehead atoms. The van der Waals surface area contributed by atoms with E-state index in [1.54, 1.807) is 7.11 Å². The Kier molecular flexibility index (Phi) is 4.71. The summed E-state index contributed by atoms with van der Waals surface area (Å²) in [6, 6.07) is -0.213. The number of nitrogens with two attached hydrogens (primary N) is 1. The second-order valence-electron chi connectivity index (χ2n) is 3.52. The molecular formula is C9H18N2O2S. The first-order valence-electron chi connectivity index (χ1n) is 4.79. The zero-order valence-corrected chi connectivity index (χ0v) is 9.55. The average molecular weight is 218 g/mol. The van der Waals surface area contributed by atoms with Crippen LogP contribution in [0.25, 0.3) is 0 Å². The number of methoxy groups -OCH3 is 1. The van der Waals surface area contributed by atoms with Gasteiger partial charge in [0, 0.05) is 31.2 Å². The van der Waals surface area contributed by atoms with Crippen molar-refractivity contribution in [2.75, 3.05) is 31.8 Å². The van der Waals surface area contributed by atoms with Crippen molar-refractivity contribution in [2.45, 2.75) is 19.0 Å². The van der Waals surface area contributed by atoms with Gasteiger partial charge in [-0.25, -0.2) is 0 Å². The molecule has 2 unspecified atom stereocenters. The van der Waals surface area contributed by atoms with Gasteiger partial charge in [-0.1, -0.05) is 0 Å². The van der Waals surface area contributed by atoms with Gasteiger partial charge in [-0.3, -0.25) is 4.79 Å². The van der Waals surface area contributed by atoms with Gasteiger partial charge in [0.25, 0.3) is 0 Å². The molecule has 0 radical (unpaired) electrons. The van der Waals surface area contributed by atoms with E-state index >= 15 is 0 Å². The minimum atomic E-state index is -0.509. The van der Waals surface area contributed by atoms with E-state index in [0.29, 0.717) is 12.6 Å². The van der Waals surface area contributed by atoms with E-state index in [1.807, 2.05) is 16.7 Å². The van der Waals surface area contributed by atoms with Crippen molar-refractivity contribution in [1.82, 2.24) is 4.90 Å². The zero-order chi connectivity index (χ0) is 10.6. The van der Waals surface area contributed by atoms with Crippen LogP contribution in [0.3, 0.4) is 0 Å². The maximum atomic E-state index is 11.8. The molecule has 0 spiro atoms. The van der Waals surface area contributed by atoms with E-state index in [1.165, 1.54) is 0 Å². The normalized spacial score (nSPS) is 24.8. The number of ether oxygens (including phenoxy) is 1. The number of carbonyl (C=O) groups excluding carboxylic acids is 1. The first-order valence-corrected chi connectivity index (χ1v) is 5.95. The largest absolute Gasteiger partial charge is 0.383 e. The SMILES string of the molecule is COCC(N)C(=O)N1CCSCC1C. The summed E-state index contributed by atoms with van der Waals surface area (Å²) in [4.78, 5) is 13.7. The molecule has 4 nitrogen and oxygen atoms in total. The van der Waals surface area contributed by atoms with Crippen LogP contribution >= 0.6 is 11.8 Å². The summed E-state index contributed by atoms with van der Waals surface area (Å²) >= 11 is 1.88. The van der Waals surface area contributed by atoms with Gasteiger partial charge in [0.1, 0.15) is 6.04 Å². The Morgan fingerprint density at radius 3 is 3.07 bits per heavy atom. The van der Waals surface area contributed by atoms with E-state index in [-0.39, 0.29) is 5.91 Å². The summed E-state index contributed by atoms with van der Waals surface area (Å²) in [5, 5.41) is 0. The first kappa shape index (κ1) is 11.8. The number of carbonyl (C=O) groups is 1. The number of hydrogen-bond acceptors (Lipinski definition) is 4. The maximum absolute atomic E-state index is 11.8. The molecule has 1 aliphatic heterocycles. The Balaban J connectivity index is 2.49. The van der Waals surface area contributed by atoms with Crippen LogP contribution in [0.15, 0.2) is 0 Å². The molecule has 0 aromatic rings. The smallest absolute Gasteiger partial charge is 0.242 e. The topological polar surface area (TPSA) is 55.6 Å². The van der Waals surface area contributed by atoms with Crippen LogP contribution in [0.5, 0.6) is 0 Å². The molecule has 1 fully saturated rings. The van der Waals surface area contributed by atoms with Gasteiger partial charge in [0.15, 0.2) is 0 Å². The number of nitrogens with zero attached hydrogens (tertiary/aromatic N) is 1. The van der Waals surface area contributed by atoms with Crippen molar-refractivity contribution >= 4 is 17.7 Å². The summed E-state index contributed by atoms with van der Waals surface area (Å²) in [7, 11) is 1.56. The van der Waals surface area contributed by atoms with E-state index < -0.39 is 6.04 Å². The van der Waals surface area contributed by atoms with Crippen molar-refractivity contribution in [1.29, 1.82) is 0 Å². The minimum Gasteiger partial charge on any atom is -0.383 e. The molecule has 0 aliphatic carbocycles. The highest BCUT2D eigenvalue weighted by Gasteiger charge is 2.27. The molecule has 5 heteroatoms. The van der Waals surface area contributed by atoms with Gasteiger partial charge in [0.05, 0.1) is 6.61 Å². The third kappa shape index (κ3) is 2.87. The minimum absolute atomic E-state index is 0.0136. The summed E-state index contributed by atoms with van der Waals surface area (Å²) in [5.41, 5.74) is 5.70. The molecule has 14 heavy (non-hydrogen) atoms. The molecule has 1 amide bonds. The lowest BCUT2D eigenvalue weighted by atomic mass is 10.2. The molecule has 1 rings (SSSR count). The fourth-order valence-electron chi connectivity index (χ4n) is 1.52. The summed E-state index contributed by atoms with van der Waals surface area (Å²) < 4.78 is 4.87. The van der Waals surface area contributed by atoms with Crippen molar-refractivity contribution in [3.63, 3.8) is 0 Å². The van der Waals surface area contributed by atoms with Crippen LogP contribution in [0, 0.1) is 0 Å². The first-order chi connectivity index (χ1) is 6.66. The molecule has 1 aliphatic rings. The van der Waals surface area contributed by atoms with Crippen LogP contribution in [0.2, 0.25) is 0 Å². The third-order valence-corrected chi connectivity index (χ3v) is 3.50. The van der Waals surface area contributed by atoms with Crippen molar-refractivity contribution in [2.24, 2.45) is 5.73 Å². The lowest BCUT2D eigenvalue weighted by Gasteiger charge is -2.34. The molecule has 1 saturated heterocycles. The standard InChI is InChI=1S/C9H18N2O2S/c1-7-6-14-4-3-11(7)9(12)8(10)5-13-2/h7-8H,3-6,10H2,1-2H3. The molecule has 0 aromatic carbocycles. The zero-order valence-electron chi connectivity index (χ0n) is 8.73. The number of thioether (sulfide) groups is 1. The van der Waals surface area contributed by atoms with Gasteiger partial charge < -0.3 is 15.4 Å². The monoisotopic (exact) mass is 218 g/mol. The Hall–Kier alpha value is -0.260. The highest BCUT2D eigenvalue weighted by atomic mass is 32.2. The van der Waals surface area contributed by atoms with Gasteiger partial charge in [-0.2, -0.15) is 11.8 Å². The third-order valence-electron chi connectivity index (χ3n) is 2.31. The second-order valence-corrected chi connectivity index (χ2v) is 4.67.